The highest BCUT2D eigenvalue weighted by molar-refractivity contribution is 6.93. The minimum absolute atomic E-state index is 0.739. The molecule has 0 heterocycles. The molecule has 0 saturated heterocycles. The normalized spacial score (nSPS) is 16.1. The predicted octanol–water partition coefficient (Wildman–Crippen LogP) is 10.2. The lowest BCUT2D eigenvalue weighted by Gasteiger charge is -2.46. The van der Waals surface area contributed by atoms with Crippen LogP contribution in [0.25, 0.3) is 0 Å². The molecule has 0 aromatic heterocycles. The van der Waals surface area contributed by atoms with Crippen LogP contribution < -0.4 is 0 Å². The fraction of sp³-hybridized carbons (Fsp3) is 1.00. The van der Waals surface area contributed by atoms with Crippen LogP contribution in [0, 0.1) is 0 Å². The third-order valence-electron chi connectivity index (χ3n) is 5.47. The molecule has 1 atom stereocenters. The van der Waals surface area contributed by atoms with Crippen molar-refractivity contribution in [3.05, 3.63) is 0 Å². The van der Waals surface area contributed by atoms with E-state index in [1.807, 2.05) is 6.55 Å². The van der Waals surface area contributed by atoms with Crippen molar-refractivity contribution < 1.29 is 45.9 Å². The second kappa shape index (κ2) is 21.4. The van der Waals surface area contributed by atoms with Gasteiger partial charge in [0.25, 0.3) is 0 Å². The number of hydrogen-bond acceptors (Lipinski definition) is 11. The van der Waals surface area contributed by atoms with Gasteiger partial charge in [-0.1, -0.05) is 26.2 Å². The van der Waals surface area contributed by atoms with E-state index in [4.69, 9.17) is 45.9 Å². The SMILES string of the molecule is C[SiH](C)CO[Si](C)(C)O[Si](C)(O[Si](C)(C)C)O[Si](C)(C)C.C[SiH](C)CO[Si](C)(C)O[Si](C)(O[Si](C)(C)C)O[Si](O[Si](C)(C)C)(O[Si](C)(C)C)O[Si](C)(C)C. The lowest BCUT2D eigenvalue weighted by Crippen LogP contribution is -2.69. The summed E-state index contributed by atoms with van der Waals surface area (Å²) >= 11 is 0. The van der Waals surface area contributed by atoms with Crippen LogP contribution in [0.2, 0.25) is 183 Å². The Hall–Kier alpha value is 2.38. The third kappa shape index (κ3) is 33.1. The van der Waals surface area contributed by atoms with Crippen LogP contribution in [0.3, 0.4) is 0 Å². The molecule has 0 aliphatic rings. The summed E-state index contributed by atoms with van der Waals surface area (Å²) in [6.07, 6.45) is 1.64. The smallest absolute Gasteiger partial charge is 0.417 e. The van der Waals surface area contributed by atoms with Gasteiger partial charge < -0.3 is 45.9 Å². The van der Waals surface area contributed by atoms with Crippen molar-refractivity contribution in [2.75, 3.05) is 12.5 Å². The highest BCUT2D eigenvalue weighted by Gasteiger charge is 2.61. The van der Waals surface area contributed by atoms with Crippen molar-refractivity contribution in [2.24, 2.45) is 0 Å². The van der Waals surface area contributed by atoms with Crippen molar-refractivity contribution in [3.8, 4) is 0 Å². The van der Waals surface area contributed by atoms with Crippen molar-refractivity contribution >= 4 is 111 Å². The predicted molar refractivity (Wildman–Crippen MR) is 263 cm³/mol. The second-order valence-corrected chi connectivity index (χ2v) is 71.6. The quantitative estimate of drug-likeness (QED) is 0.0865. The van der Waals surface area contributed by atoms with Gasteiger partial charge in [-0.25, -0.2) is 0 Å². The Kier molecular flexibility index (Phi) is 23.2. The molecule has 0 spiro atoms. The lowest BCUT2D eigenvalue weighted by atomic mass is 11.7. The van der Waals surface area contributed by atoms with Crippen molar-refractivity contribution in [3.63, 3.8) is 0 Å². The van der Waals surface area contributed by atoms with Gasteiger partial charge in [-0.05, 0) is 144 Å². The maximum Gasteiger partial charge on any atom is 0.640 e. The molecule has 0 aromatic carbocycles. The molecule has 0 N–H and O–H groups in total. The van der Waals surface area contributed by atoms with E-state index in [1.165, 1.54) is 0 Å². The molecule has 1 unspecified atom stereocenters. The molecule has 0 aliphatic heterocycles. The molecule has 0 saturated carbocycles. The molecule has 0 bridgehead atoms. The van der Waals surface area contributed by atoms with Crippen molar-refractivity contribution in [1.29, 1.82) is 0 Å². The van der Waals surface area contributed by atoms with Crippen LogP contribution in [0.15, 0.2) is 0 Å². The Morgan fingerprint density at radius 3 is 0.667 bits per heavy atom. The number of hydrogen-bond donors (Lipinski definition) is 0. The molecular weight excluding hydrogens is 901 g/mol. The molecule has 0 fully saturated rings. The first kappa shape index (κ1) is 58.5. The molecule has 24 heteroatoms. The first-order chi connectivity index (χ1) is 23.2. The summed E-state index contributed by atoms with van der Waals surface area (Å²) in [7, 11) is -27.6. The van der Waals surface area contributed by atoms with E-state index in [1.54, 1.807) is 0 Å². The van der Waals surface area contributed by atoms with Gasteiger partial charge in [0.15, 0.2) is 49.9 Å². The largest absolute Gasteiger partial charge is 0.640 e. The van der Waals surface area contributed by atoms with Gasteiger partial charge >= 0.3 is 43.8 Å². The summed E-state index contributed by atoms with van der Waals surface area (Å²) in [5.74, 6) is 0. The van der Waals surface area contributed by atoms with Gasteiger partial charge in [-0.2, -0.15) is 0 Å². The van der Waals surface area contributed by atoms with Gasteiger partial charge in [0, 0.05) is 25.6 Å². The molecular formula is C30H90O11Si13. The maximum absolute atomic E-state index is 6.94. The van der Waals surface area contributed by atoms with Crippen LogP contribution in [0.4, 0.5) is 0 Å². The highest BCUT2D eigenvalue weighted by atomic mass is 28.6. The first-order valence-corrected chi connectivity index (χ1v) is 58.2. The molecule has 11 nitrogen and oxygen atoms in total. The van der Waals surface area contributed by atoms with E-state index in [2.05, 4.69) is 177 Å². The summed E-state index contributed by atoms with van der Waals surface area (Å²) in [6.45, 7) is 60.4. The molecule has 0 radical (unpaired) electrons. The molecule has 54 heavy (non-hydrogen) atoms. The zero-order valence-corrected chi connectivity index (χ0v) is 53.9. The van der Waals surface area contributed by atoms with Crippen LogP contribution in [0.1, 0.15) is 0 Å². The second-order valence-electron chi connectivity index (χ2n) is 22.0. The van der Waals surface area contributed by atoms with Crippen LogP contribution in [-0.4, -0.2) is 124 Å². The minimum atomic E-state index is -3.59. The molecule has 0 aromatic rings. The average molecular weight is 992 g/mol. The van der Waals surface area contributed by atoms with E-state index in [0.717, 1.165) is 12.5 Å². The molecule has 0 amide bonds. The topological polar surface area (TPSA) is 102 Å². The Morgan fingerprint density at radius 2 is 0.481 bits per heavy atom. The monoisotopic (exact) mass is 990 g/mol. The number of rotatable bonds is 24. The molecule has 328 valence electrons. The Labute approximate surface area is 350 Å². The van der Waals surface area contributed by atoms with Crippen LogP contribution in [0.5, 0.6) is 0 Å². The van der Waals surface area contributed by atoms with E-state index >= 15 is 0 Å². The summed E-state index contributed by atoms with van der Waals surface area (Å²) < 4.78 is 72.3. The summed E-state index contributed by atoms with van der Waals surface area (Å²) in [6, 6.07) is 0. The van der Waals surface area contributed by atoms with Gasteiger partial charge in [-0.3, -0.25) is 0 Å². The average Bonchev–Trinajstić information content (AvgIpc) is 2.72. The maximum atomic E-state index is 6.94. The van der Waals surface area contributed by atoms with E-state index < -0.39 is 111 Å². The van der Waals surface area contributed by atoms with Crippen LogP contribution >= 0.6 is 0 Å². The first-order valence-electron chi connectivity index (χ1n) is 19.8. The van der Waals surface area contributed by atoms with Gasteiger partial charge in [0.05, 0.1) is 17.6 Å². The fourth-order valence-corrected chi connectivity index (χ4v) is 49.1. The standard InChI is InChI=1S/C18H54O7Si8.C12H36O4Si5/c1-26(2)18-19-31(15,16)24-32(17,20-27(3,4)5)25-33(21-28(6,7)8,22-29(9,10)11)23-30(12,13)14;1-17(2)12-13-20(9,10)16-21(11,14-18(3,4)5)15-19(6,7)8/h26H,18H2,1-17H3;17H,12H2,1-11H3. The Bertz CT molecular complexity index is 1040. The fourth-order valence-electron chi connectivity index (χ4n) is 4.96. The van der Waals surface area contributed by atoms with Crippen molar-refractivity contribution in [1.82, 2.24) is 0 Å². The molecule has 0 rings (SSSR count). The summed E-state index contributed by atoms with van der Waals surface area (Å²) in [5.41, 5.74) is 0. The third-order valence-corrected chi connectivity index (χ3v) is 41.1. The summed E-state index contributed by atoms with van der Waals surface area (Å²) in [4.78, 5) is 0. The molecule has 0 aliphatic carbocycles. The minimum Gasteiger partial charge on any atom is -0.417 e. The zero-order valence-electron chi connectivity index (χ0n) is 40.6. The Morgan fingerprint density at radius 1 is 0.278 bits per heavy atom. The summed E-state index contributed by atoms with van der Waals surface area (Å²) in [5, 5.41) is 0. The highest BCUT2D eigenvalue weighted by Crippen LogP contribution is 2.33. The van der Waals surface area contributed by atoms with Crippen molar-refractivity contribution in [2.45, 2.75) is 183 Å². The van der Waals surface area contributed by atoms with Gasteiger partial charge in [0.2, 0.25) is 0 Å². The van der Waals surface area contributed by atoms with Gasteiger partial charge in [0.1, 0.15) is 0 Å². The Balaban J connectivity index is 0. The van der Waals surface area contributed by atoms with E-state index in [-0.39, 0.29) is 0 Å². The lowest BCUT2D eigenvalue weighted by molar-refractivity contribution is 0.103. The van der Waals surface area contributed by atoms with E-state index in [9.17, 15) is 0 Å². The van der Waals surface area contributed by atoms with Crippen LogP contribution in [-0.2, 0) is 45.9 Å². The van der Waals surface area contributed by atoms with E-state index in [0.29, 0.717) is 0 Å². The van der Waals surface area contributed by atoms with Gasteiger partial charge in [-0.15, -0.1) is 0 Å². The zero-order chi connectivity index (χ0) is 43.8.